The van der Waals surface area contributed by atoms with Gasteiger partial charge in [0.1, 0.15) is 0 Å². The molecule has 0 aromatic heterocycles. The maximum absolute atomic E-state index is 6.53. The average Bonchev–Trinajstić information content (AvgIpc) is 3.62. The van der Waals surface area contributed by atoms with E-state index in [1.165, 1.54) is 61.2 Å². The van der Waals surface area contributed by atoms with Crippen molar-refractivity contribution in [3.05, 3.63) is 209 Å². The fraction of sp³-hybridized carbons (Fsp3) is 0.0612. The van der Waals surface area contributed by atoms with Crippen molar-refractivity contribution in [3.8, 4) is 34.6 Å². The van der Waals surface area contributed by atoms with Crippen LogP contribution in [0.25, 0.3) is 33.4 Å². The third-order valence-electron chi connectivity index (χ3n) is 10.5. The van der Waals surface area contributed by atoms with Crippen LogP contribution in [0.3, 0.4) is 0 Å². The van der Waals surface area contributed by atoms with Gasteiger partial charge in [-0.1, -0.05) is 145 Å². The van der Waals surface area contributed by atoms with E-state index in [0.29, 0.717) is 0 Å². The number of anilines is 3. The molecule has 9 rings (SSSR count). The monoisotopic (exact) mass is 637 g/mol. The number of aryl methyl sites for hydroxylation is 2. The Morgan fingerprint density at radius 2 is 1.06 bits per heavy atom. The second-order valence-electron chi connectivity index (χ2n) is 13.4. The summed E-state index contributed by atoms with van der Waals surface area (Å²) in [7, 11) is 0. The van der Waals surface area contributed by atoms with Gasteiger partial charge in [0, 0.05) is 22.6 Å². The van der Waals surface area contributed by atoms with Crippen molar-refractivity contribution in [2.75, 3.05) is 4.90 Å². The minimum absolute atomic E-state index is 0.592. The Hall–Kier alpha value is -6.36. The van der Waals surface area contributed by atoms with Crippen LogP contribution in [-0.2, 0) is 5.41 Å². The predicted molar refractivity (Wildman–Crippen MR) is 210 cm³/mol. The summed E-state index contributed by atoms with van der Waals surface area (Å²) in [6, 6.07) is 61.6. The Morgan fingerprint density at radius 1 is 0.460 bits per heavy atom. The molecule has 0 radical (unpaired) electrons. The zero-order valence-electron chi connectivity index (χ0n) is 28.2. The maximum atomic E-state index is 6.53. The van der Waals surface area contributed by atoms with Gasteiger partial charge in [-0.3, -0.25) is 0 Å². The molecule has 1 unspecified atom stereocenters. The predicted octanol–water partition coefficient (Wildman–Crippen LogP) is 12.3. The fourth-order valence-electron chi connectivity index (χ4n) is 8.43. The van der Waals surface area contributed by atoms with E-state index in [-0.39, 0.29) is 0 Å². The first-order valence-electron chi connectivity index (χ1n) is 17.2. The van der Waals surface area contributed by atoms with Crippen LogP contribution in [0.5, 0.6) is 0 Å². The molecule has 2 aliphatic carbocycles. The average molecular weight is 638 g/mol. The Morgan fingerprint density at radius 3 is 1.84 bits per heavy atom. The van der Waals surface area contributed by atoms with Crippen molar-refractivity contribution in [2.45, 2.75) is 19.3 Å². The van der Waals surface area contributed by atoms with Gasteiger partial charge in [-0.2, -0.15) is 0 Å². The van der Waals surface area contributed by atoms with Crippen molar-refractivity contribution in [2.24, 2.45) is 0 Å². The molecule has 1 nitrogen and oxygen atoms in total. The molecule has 0 fully saturated rings. The van der Waals surface area contributed by atoms with Crippen LogP contribution in [0, 0.1) is 26.2 Å². The number of terminal acetylenes is 1. The fourth-order valence-corrected chi connectivity index (χ4v) is 8.43. The second kappa shape index (κ2) is 11.7. The van der Waals surface area contributed by atoms with Crippen molar-refractivity contribution in [1.82, 2.24) is 0 Å². The van der Waals surface area contributed by atoms with Gasteiger partial charge in [-0.15, -0.1) is 6.42 Å². The van der Waals surface area contributed by atoms with Gasteiger partial charge in [0.25, 0.3) is 0 Å². The third-order valence-corrected chi connectivity index (χ3v) is 10.5. The molecule has 1 heteroatoms. The molecular formula is C49H35N. The molecule has 1 spiro atoms. The van der Waals surface area contributed by atoms with Crippen LogP contribution in [-0.4, -0.2) is 0 Å². The molecule has 50 heavy (non-hydrogen) atoms. The van der Waals surface area contributed by atoms with Crippen LogP contribution in [0.2, 0.25) is 0 Å². The molecule has 0 bridgehead atoms. The molecular weight excluding hydrogens is 603 g/mol. The summed E-state index contributed by atoms with van der Waals surface area (Å²) in [5, 5.41) is 0. The zero-order chi connectivity index (χ0) is 33.8. The van der Waals surface area contributed by atoms with Gasteiger partial charge < -0.3 is 4.90 Å². The number of hydrogen-bond donors (Lipinski definition) is 0. The van der Waals surface area contributed by atoms with Crippen molar-refractivity contribution >= 4 is 28.2 Å². The number of para-hydroxylation sites is 1. The Balaban J connectivity index is 1.36. The highest BCUT2D eigenvalue weighted by atomic mass is 15.1. The molecule has 236 valence electrons. The van der Waals surface area contributed by atoms with Crippen LogP contribution in [0.4, 0.5) is 17.1 Å². The number of benzene rings is 7. The summed E-state index contributed by atoms with van der Waals surface area (Å²) in [6.45, 7) is 4.39. The first kappa shape index (κ1) is 29.8. The van der Waals surface area contributed by atoms with Crippen molar-refractivity contribution in [1.29, 1.82) is 0 Å². The number of fused-ring (bicyclic) bond motifs is 7. The van der Waals surface area contributed by atoms with Gasteiger partial charge in [0.05, 0.1) is 5.41 Å². The summed E-state index contributed by atoms with van der Waals surface area (Å²) in [5.41, 5.74) is 18.3. The van der Waals surface area contributed by atoms with Gasteiger partial charge in [-0.05, 0) is 111 Å². The van der Waals surface area contributed by atoms with E-state index in [9.17, 15) is 0 Å². The lowest BCUT2D eigenvalue weighted by molar-refractivity contribution is 0.839. The van der Waals surface area contributed by atoms with Crippen molar-refractivity contribution < 1.29 is 0 Å². The highest BCUT2D eigenvalue weighted by molar-refractivity contribution is 6.14. The molecule has 2 aliphatic rings. The lowest BCUT2D eigenvalue weighted by Crippen LogP contribution is -2.27. The third kappa shape index (κ3) is 4.36. The molecule has 0 heterocycles. The summed E-state index contributed by atoms with van der Waals surface area (Å²) >= 11 is 0. The van der Waals surface area contributed by atoms with E-state index in [1.807, 2.05) is 0 Å². The van der Waals surface area contributed by atoms with E-state index >= 15 is 0 Å². The van der Waals surface area contributed by atoms with Crippen LogP contribution in [0.1, 0.15) is 38.9 Å². The van der Waals surface area contributed by atoms with E-state index < -0.39 is 5.41 Å². The lowest BCUT2D eigenvalue weighted by atomic mass is 9.67. The number of nitrogens with zero attached hydrogens (tertiary/aromatic N) is 1. The summed E-state index contributed by atoms with van der Waals surface area (Å²) in [6.07, 6.45) is 6.53. The molecule has 0 N–H and O–H groups in total. The van der Waals surface area contributed by atoms with E-state index in [0.717, 1.165) is 28.2 Å². The molecule has 7 aromatic rings. The largest absolute Gasteiger partial charge is 0.310 e. The van der Waals surface area contributed by atoms with Gasteiger partial charge in [0.15, 0.2) is 0 Å². The highest BCUT2D eigenvalue weighted by Crippen LogP contribution is 2.65. The highest BCUT2D eigenvalue weighted by Gasteiger charge is 2.53. The van der Waals surface area contributed by atoms with Crippen LogP contribution in [0.15, 0.2) is 170 Å². The molecule has 0 saturated heterocycles. The van der Waals surface area contributed by atoms with Gasteiger partial charge >= 0.3 is 0 Å². The van der Waals surface area contributed by atoms with Gasteiger partial charge in [0.2, 0.25) is 0 Å². The van der Waals surface area contributed by atoms with Crippen LogP contribution >= 0.6 is 0 Å². The van der Waals surface area contributed by atoms with Crippen molar-refractivity contribution in [3.63, 3.8) is 0 Å². The molecule has 0 saturated carbocycles. The maximum Gasteiger partial charge on any atom is 0.0738 e. The molecule has 0 aliphatic heterocycles. The first-order valence-corrected chi connectivity index (χ1v) is 17.2. The molecule has 0 amide bonds. The minimum Gasteiger partial charge on any atom is -0.310 e. The minimum atomic E-state index is -0.592. The van der Waals surface area contributed by atoms with Gasteiger partial charge in [-0.25, -0.2) is 0 Å². The number of rotatable bonds is 5. The topological polar surface area (TPSA) is 3.24 Å². The normalized spacial score (nSPS) is 15.4. The quantitative estimate of drug-likeness (QED) is 0.170. The van der Waals surface area contributed by atoms with E-state index in [4.69, 9.17) is 6.42 Å². The number of hydrogen-bond acceptors (Lipinski definition) is 1. The lowest BCUT2D eigenvalue weighted by Gasteiger charge is -2.34. The Labute approximate surface area is 294 Å². The Bertz CT molecular complexity index is 2510. The zero-order valence-corrected chi connectivity index (χ0v) is 28.2. The standard InChI is InChI=1S/C49H35N/c1-4-40-43-28-26-33(2)30-46(43)49(48(40)41-23-12-11-16-34(41)3)45-25-14-13-24-42(45)44-29-27-39(32-47(44)49)50(37-20-9-6-10-21-37)38-22-15-19-36(31-38)35-17-7-5-8-18-35/h1,5-32H,2-3H3. The second-order valence-corrected chi connectivity index (χ2v) is 13.4. The molecule has 7 aromatic carbocycles. The summed E-state index contributed by atoms with van der Waals surface area (Å²) in [4.78, 5) is 2.38. The first-order chi connectivity index (χ1) is 24.6. The summed E-state index contributed by atoms with van der Waals surface area (Å²) < 4.78 is 0. The summed E-state index contributed by atoms with van der Waals surface area (Å²) in [5.74, 6) is 3.21. The van der Waals surface area contributed by atoms with Crippen LogP contribution < -0.4 is 4.90 Å². The smallest absolute Gasteiger partial charge is 0.0738 e. The number of allylic oxidation sites excluding steroid dienone is 2. The van der Waals surface area contributed by atoms with E-state index in [2.05, 4.69) is 195 Å². The SMILES string of the molecule is C#CC1=C(c2ccccc2C)C2(c3cc(C)ccc31)c1ccccc1-c1ccc(N(c3ccccc3)c3cccc(-c4ccccc4)c3)cc12. The van der Waals surface area contributed by atoms with E-state index in [1.54, 1.807) is 0 Å². The Kier molecular flexibility index (Phi) is 6.94. The molecule has 1 atom stereocenters.